The van der Waals surface area contributed by atoms with Gasteiger partial charge in [0.2, 0.25) is 0 Å². The molecule has 1 amide bonds. The van der Waals surface area contributed by atoms with Crippen LogP contribution in [-0.2, 0) is 11.2 Å². The van der Waals surface area contributed by atoms with Crippen molar-refractivity contribution in [1.82, 2.24) is 0 Å². The standard InChI is InChI=1S/C27H26NO2/c29-27(28-23-13-10-20(11-14-23)16-19-6-2-1-3-7-19)22-17-25-24-9-5-4-8-21(24)12-15-26(25)30-18-22/h4-5,8-15,17H,1-3,6-7,16,18H2,(H,28,29). The Balaban J connectivity index is 1.30. The highest BCUT2D eigenvalue weighted by atomic mass is 16.5. The van der Waals surface area contributed by atoms with Gasteiger partial charge in [-0.3, -0.25) is 4.79 Å². The zero-order chi connectivity index (χ0) is 20.3. The molecule has 3 aromatic carbocycles. The Kier molecular flexibility index (Phi) is 5.27. The number of anilines is 1. The molecule has 0 bridgehead atoms. The van der Waals surface area contributed by atoms with Gasteiger partial charge in [0.25, 0.3) is 5.91 Å². The van der Waals surface area contributed by atoms with E-state index in [2.05, 4.69) is 35.6 Å². The summed E-state index contributed by atoms with van der Waals surface area (Å²) < 4.78 is 5.87. The Morgan fingerprint density at radius 3 is 2.53 bits per heavy atom. The van der Waals surface area contributed by atoms with Crippen LogP contribution in [0, 0.1) is 5.92 Å². The molecule has 3 heteroatoms. The van der Waals surface area contributed by atoms with Crippen molar-refractivity contribution < 1.29 is 9.53 Å². The lowest BCUT2D eigenvalue weighted by Gasteiger charge is -2.21. The number of amides is 1. The molecule has 30 heavy (non-hydrogen) atoms. The first-order valence-electron chi connectivity index (χ1n) is 10.9. The van der Waals surface area contributed by atoms with Gasteiger partial charge in [-0.15, -0.1) is 0 Å². The fraction of sp³-hybridized carbons (Fsp3) is 0.259. The lowest BCUT2D eigenvalue weighted by atomic mass is 9.85. The summed E-state index contributed by atoms with van der Waals surface area (Å²) in [6, 6.07) is 20.5. The van der Waals surface area contributed by atoms with Gasteiger partial charge < -0.3 is 10.1 Å². The lowest BCUT2D eigenvalue weighted by Crippen LogP contribution is -2.21. The van der Waals surface area contributed by atoms with E-state index < -0.39 is 0 Å². The predicted octanol–water partition coefficient (Wildman–Crippen LogP) is 6.34. The molecule has 1 radical (unpaired) electrons. The van der Waals surface area contributed by atoms with Crippen LogP contribution >= 0.6 is 0 Å². The summed E-state index contributed by atoms with van der Waals surface area (Å²) in [6.45, 7) is 0.285. The number of fused-ring (bicyclic) bond motifs is 3. The van der Waals surface area contributed by atoms with Crippen LogP contribution in [0.4, 0.5) is 5.69 Å². The number of carbonyl (C=O) groups excluding carboxylic acids is 1. The predicted molar refractivity (Wildman–Crippen MR) is 123 cm³/mol. The molecule has 151 valence electrons. The molecule has 0 spiro atoms. The number of hydrogen-bond donors (Lipinski definition) is 1. The zero-order valence-corrected chi connectivity index (χ0v) is 17.1. The van der Waals surface area contributed by atoms with Crippen molar-refractivity contribution in [2.24, 2.45) is 0 Å². The fourth-order valence-electron chi connectivity index (χ4n) is 4.49. The molecule has 1 aliphatic carbocycles. The van der Waals surface area contributed by atoms with E-state index in [-0.39, 0.29) is 12.5 Å². The number of ether oxygens (including phenoxy) is 1. The van der Waals surface area contributed by atoms with Crippen LogP contribution in [-0.4, -0.2) is 12.5 Å². The van der Waals surface area contributed by atoms with Gasteiger partial charge >= 0.3 is 0 Å². The summed E-state index contributed by atoms with van der Waals surface area (Å²) >= 11 is 0. The monoisotopic (exact) mass is 396 g/mol. The normalized spacial score (nSPS) is 16.5. The fourth-order valence-corrected chi connectivity index (χ4v) is 4.49. The first-order chi connectivity index (χ1) is 14.8. The van der Waals surface area contributed by atoms with Crippen LogP contribution in [0.3, 0.4) is 0 Å². The van der Waals surface area contributed by atoms with E-state index >= 15 is 0 Å². The number of carbonyl (C=O) groups is 1. The lowest BCUT2D eigenvalue weighted by molar-refractivity contribution is -0.113. The minimum atomic E-state index is -0.108. The van der Waals surface area contributed by atoms with Gasteiger partial charge in [-0.05, 0) is 65.8 Å². The molecule has 0 unspecified atom stereocenters. The first-order valence-corrected chi connectivity index (χ1v) is 10.9. The quantitative estimate of drug-likeness (QED) is 0.559. The molecule has 3 aromatic rings. The molecule has 1 heterocycles. The molecule has 0 saturated heterocycles. The molecular formula is C27H26NO2. The van der Waals surface area contributed by atoms with E-state index in [9.17, 15) is 4.79 Å². The zero-order valence-electron chi connectivity index (χ0n) is 17.1. The highest BCUT2D eigenvalue weighted by molar-refractivity contribution is 6.09. The van der Waals surface area contributed by atoms with Crippen molar-refractivity contribution in [3.8, 4) is 5.75 Å². The largest absolute Gasteiger partial charge is 0.488 e. The average Bonchev–Trinajstić information content (AvgIpc) is 2.80. The minimum Gasteiger partial charge on any atom is -0.488 e. The first kappa shape index (κ1) is 18.9. The smallest absolute Gasteiger partial charge is 0.255 e. The topological polar surface area (TPSA) is 38.3 Å². The third-order valence-corrected chi connectivity index (χ3v) is 6.15. The van der Waals surface area contributed by atoms with Crippen molar-refractivity contribution >= 4 is 28.4 Å². The van der Waals surface area contributed by atoms with Crippen LogP contribution < -0.4 is 10.1 Å². The van der Waals surface area contributed by atoms with Gasteiger partial charge in [0, 0.05) is 11.3 Å². The van der Waals surface area contributed by atoms with Gasteiger partial charge in [-0.25, -0.2) is 0 Å². The van der Waals surface area contributed by atoms with E-state index in [0.29, 0.717) is 5.57 Å². The Hall–Kier alpha value is -3.07. The van der Waals surface area contributed by atoms with Crippen LogP contribution in [0.25, 0.3) is 16.8 Å². The second-order valence-corrected chi connectivity index (χ2v) is 8.30. The van der Waals surface area contributed by atoms with Crippen molar-refractivity contribution in [2.75, 3.05) is 11.9 Å². The minimum absolute atomic E-state index is 0.108. The Bertz CT molecular complexity index is 1090. The Labute approximate surface area is 177 Å². The van der Waals surface area contributed by atoms with Crippen LogP contribution in [0.5, 0.6) is 5.75 Å². The van der Waals surface area contributed by atoms with Crippen molar-refractivity contribution in [3.05, 3.63) is 83.3 Å². The summed E-state index contributed by atoms with van der Waals surface area (Å²) in [5.41, 5.74) is 3.76. The summed E-state index contributed by atoms with van der Waals surface area (Å²) in [5.74, 6) is 2.38. The molecule has 1 fully saturated rings. The summed E-state index contributed by atoms with van der Waals surface area (Å²) in [6.07, 6.45) is 9.60. The second kappa shape index (κ2) is 8.35. The molecule has 1 N–H and O–H groups in total. The maximum Gasteiger partial charge on any atom is 0.255 e. The molecule has 5 rings (SSSR count). The number of hydrogen-bond acceptors (Lipinski definition) is 2. The maximum absolute atomic E-state index is 12.9. The highest BCUT2D eigenvalue weighted by Gasteiger charge is 2.19. The third-order valence-electron chi connectivity index (χ3n) is 6.15. The van der Waals surface area contributed by atoms with Gasteiger partial charge in [0.05, 0.1) is 5.57 Å². The van der Waals surface area contributed by atoms with E-state index in [4.69, 9.17) is 4.74 Å². The molecule has 0 aromatic heterocycles. The van der Waals surface area contributed by atoms with E-state index in [1.165, 1.54) is 37.7 Å². The summed E-state index contributed by atoms with van der Waals surface area (Å²) in [5, 5.41) is 5.27. The number of benzene rings is 3. The molecule has 0 atom stereocenters. The maximum atomic E-state index is 12.9. The average molecular weight is 397 g/mol. The third kappa shape index (κ3) is 3.97. The number of rotatable bonds is 4. The summed E-state index contributed by atoms with van der Waals surface area (Å²) in [7, 11) is 0. The van der Waals surface area contributed by atoms with Crippen molar-refractivity contribution in [2.45, 2.75) is 38.5 Å². The molecule has 3 nitrogen and oxygen atoms in total. The second-order valence-electron chi connectivity index (χ2n) is 8.30. The van der Waals surface area contributed by atoms with Crippen LogP contribution in [0.15, 0.2) is 66.2 Å². The van der Waals surface area contributed by atoms with Gasteiger partial charge in [-0.2, -0.15) is 0 Å². The molecule has 2 aliphatic rings. The van der Waals surface area contributed by atoms with Gasteiger partial charge in [0.15, 0.2) is 0 Å². The van der Waals surface area contributed by atoms with Crippen LogP contribution in [0.1, 0.15) is 43.2 Å². The highest BCUT2D eigenvalue weighted by Crippen LogP contribution is 2.33. The SMILES string of the molecule is O=C(Nc1ccc(C[C]2CCCCC2)cc1)C1=Cc2c(ccc3ccccc23)OC1. The Morgan fingerprint density at radius 1 is 0.900 bits per heavy atom. The number of nitrogens with one attached hydrogen (secondary N) is 1. The van der Waals surface area contributed by atoms with Crippen LogP contribution in [0.2, 0.25) is 0 Å². The molecule has 1 saturated carbocycles. The van der Waals surface area contributed by atoms with Crippen molar-refractivity contribution in [1.29, 1.82) is 0 Å². The van der Waals surface area contributed by atoms with Gasteiger partial charge in [-0.1, -0.05) is 61.7 Å². The molecular weight excluding hydrogens is 370 g/mol. The van der Waals surface area contributed by atoms with Gasteiger partial charge in [0.1, 0.15) is 12.4 Å². The van der Waals surface area contributed by atoms with E-state index in [1.54, 1.807) is 5.92 Å². The summed E-state index contributed by atoms with van der Waals surface area (Å²) in [4.78, 5) is 12.9. The van der Waals surface area contributed by atoms with E-state index in [0.717, 1.165) is 34.2 Å². The van der Waals surface area contributed by atoms with Crippen molar-refractivity contribution in [3.63, 3.8) is 0 Å². The molecule has 1 aliphatic heterocycles. The van der Waals surface area contributed by atoms with E-state index in [1.807, 2.05) is 36.4 Å². The Morgan fingerprint density at radius 2 is 1.70 bits per heavy atom.